The lowest BCUT2D eigenvalue weighted by molar-refractivity contribution is -0.298. The first-order valence-electron chi connectivity index (χ1n) is 15.1. The lowest BCUT2D eigenvalue weighted by Crippen LogP contribution is -2.58. The van der Waals surface area contributed by atoms with Crippen LogP contribution in [0.3, 0.4) is 0 Å². The Labute approximate surface area is 304 Å². The maximum absolute atomic E-state index is 11.1. The molecule has 0 amide bonds. The number of rotatable bonds is 23. The first-order chi connectivity index (χ1) is 23.9. The molecule has 51 heavy (non-hydrogen) atoms. The average molecular weight is 902 g/mol. The molecule has 300 valence electrons. The Hall–Kier alpha value is -0.590. The van der Waals surface area contributed by atoms with Gasteiger partial charge in [0.2, 0.25) is 6.29 Å². The number of hydrogen-bond acceptors (Lipinski definition) is 20. The Morgan fingerprint density at radius 1 is 0.686 bits per heavy atom. The van der Waals surface area contributed by atoms with Crippen LogP contribution in [0.15, 0.2) is 10.3 Å². The van der Waals surface area contributed by atoms with Crippen LogP contribution in [0.5, 0.6) is 0 Å². The fraction of sp³-hybridized carbons (Fsp3) is 0.917. The molecule has 2 unspecified atom stereocenters. The molecule has 2 aliphatic heterocycles. The Morgan fingerprint density at radius 3 is 1.51 bits per heavy atom. The molecule has 0 bridgehead atoms. The van der Waals surface area contributed by atoms with Gasteiger partial charge in [-0.3, -0.25) is 12.2 Å². The molecule has 0 aliphatic carbocycles. The minimum absolute atomic E-state index is 0.249. The van der Waals surface area contributed by atoms with E-state index < -0.39 is 114 Å². The van der Waals surface area contributed by atoms with E-state index in [0.29, 0.717) is 0 Å². The van der Waals surface area contributed by atoms with E-state index in [0.717, 1.165) is 12.4 Å². The van der Waals surface area contributed by atoms with E-state index >= 15 is 0 Å². The molecular formula is C24H45IN2O22P2. The van der Waals surface area contributed by atoms with Crippen molar-refractivity contribution in [1.82, 2.24) is 0 Å². The number of halogens is 1. The summed E-state index contributed by atoms with van der Waals surface area (Å²) in [6, 6.07) is 0. The fourth-order valence-corrected chi connectivity index (χ4v) is 6.03. The molecule has 2 rings (SSSR count). The third-order valence-corrected chi connectivity index (χ3v) is 9.29. The molecule has 0 saturated carbocycles. The monoisotopic (exact) mass is 902 g/mol. The fourth-order valence-electron chi connectivity index (χ4n) is 4.42. The third kappa shape index (κ3) is 16.8. The van der Waals surface area contributed by atoms with Crippen molar-refractivity contribution in [3.63, 3.8) is 0 Å². The van der Waals surface area contributed by atoms with Gasteiger partial charge in [0.05, 0.1) is 56.8 Å². The summed E-state index contributed by atoms with van der Waals surface area (Å²) in [5, 5.41) is 87.3. The summed E-state index contributed by atoms with van der Waals surface area (Å²) in [7, 11) is -8.83. The van der Waals surface area contributed by atoms with Gasteiger partial charge in [0.15, 0.2) is 12.6 Å². The second-order valence-electron chi connectivity index (χ2n) is 11.1. The second-order valence-corrected chi connectivity index (χ2v) is 15.2. The minimum atomic E-state index is -4.42. The van der Waals surface area contributed by atoms with E-state index in [2.05, 4.69) is 10.3 Å². The molecule has 0 radical (unpaired) electrons. The van der Waals surface area contributed by atoms with Gasteiger partial charge >= 0.3 is 15.2 Å². The van der Waals surface area contributed by atoms with E-state index in [-0.39, 0.29) is 39.3 Å². The first-order valence-corrected chi connectivity index (χ1v) is 19.6. The van der Waals surface area contributed by atoms with Crippen molar-refractivity contribution in [2.45, 2.75) is 92.8 Å². The second kappa shape index (κ2) is 22.7. The van der Waals surface area contributed by atoms with Crippen LogP contribution in [0.1, 0.15) is 12.8 Å². The van der Waals surface area contributed by atoms with Crippen molar-refractivity contribution in [2.75, 3.05) is 45.4 Å². The highest BCUT2D eigenvalue weighted by Gasteiger charge is 2.45. The normalized spacial score (nSPS) is 32.6. The zero-order valence-corrected chi connectivity index (χ0v) is 30.6. The topological polar surface area (TPSA) is 375 Å². The summed E-state index contributed by atoms with van der Waals surface area (Å²) in [4.78, 5) is 46.1. The zero-order valence-electron chi connectivity index (χ0n) is 26.6. The van der Waals surface area contributed by atoms with Gasteiger partial charge in [-0.05, 0) is 12.8 Å². The van der Waals surface area contributed by atoms with Crippen LogP contribution in [0.4, 0.5) is 0 Å². The van der Waals surface area contributed by atoms with Crippen molar-refractivity contribution in [3.8, 4) is 0 Å². The standard InChI is InChI=1S/C24H45IN2O22P2/c25-49-22(13(29)10-27-45-6-4-43-24-21(35)19(33)17(31)15(48-24)2-8-51(39,40)41)46-12(11-28)9-26-44-5-3-42-23-20(34)18(32)16(30)14(47-23)1-7-50(36,37)38/h9-10,12-24,28-35H,1-8,11H2,(H2,36,37,38)(H2,39,40,41)/b26-9+,27-10-/t12-,13+,14+,15+,16+,17+,18-,19-,20-,21-,22-,23?,24?/m0/s1. The first kappa shape index (κ1) is 46.6. The maximum Gasteiger partial charge on any atom is 0.325 e. The number of aliphatic hydroxyl groups is 8. The number of nitrogens with zero attached hydrogens (tertiary/aromatic N) is 2. The van der Waals surface area contributed by atoms with Gasteiger partial charge < -0.3 is 93.8 Å². The number of oxime groups is 2. The van der Waals surface area contributed by atoms with Gasteiger partial charge in [0.1, 0.15) is 85.1 Å². The van der Waals surface area contributed by atoms with Crippen molar-refractivity contribution < 1.29 is 106 Å². The number of aliphatic hydroxyl groups excluding tert-OH is 8. The summed E-state index contributed by atoms with van der Waals surface area (Å²) in [5.74, 6) is 0. The van der Waals surface area contributed by atoms with Gasteiger partial charge in [-0.1, -0.05) is 10.3 Å². The average Bonchev–Trinajstić information content (AvgIpc) is 3.06. The number of ether oxygens (including phenoxy) is 5. The molecule has 0 spiro atoms. The molecule has 27 heteroatoms. The summed E-state index contributed by atoms with van der Waals surface area (Å²) in [6.07, 6.45) is -19.5. The van der Waals surface area contributed by atoms with Gasteiger partial charge in [0, 0.05) is 0 Å². The molecule has 2 aliphatic rings. The highest BCUT2D eigenvalue weighted by Crippen LogP contribution is 2.38. The van der Waals surface area contributed by atoms with Gasteiger partial charge in [0.25, 0.3) is 0 Å². The van der Waals surface area contributed by atoms with Crippen molar-refractivity contribution in [1.29, 1.82) is 0 Å². The van der Waals surface area contributed by atoms with Crippen LogP contribution in [0.2, 0.25) is 0 Å². The SMILES string of the molecule is O=P(O)(O)CC[C@H]1OC(OCCO/N=C\[C@@H](O)[C@H](OI)O[C@@H](/C=N/OCCOC2O[C@H](CCP(=O)(O)O)[C@@H](O)[C@H](O)[C@@H]2O)CO)[C@@H](O)[C@@H](O)[C@@H]1O. The molecule has 0 aromatic carbocycles. The molecule has 0 aromatic heterocycles. The summed E-state index contributed by atoms with van der Waals surface area (Å²) in [5.41, 5.74) is 0. The van der Waals surface area contributed by atoms with E-state index in [1.165, 1.54) is 23.0 Å². The molecule has 24 nitrogen and oxygen atoms in total. The Morgan fingerprint density at radius 2 is 1.12 bits per heavy atom. The minimum Gasteiger partial charge on any atom is -0.394 e. The quantitative estimate of drug-likeness (QED) is 0.0114. The van der Waals surface area contributed by atoms with Crippen molar-refractivity contribution in [2.24, 2.45) is 10.3 Å². The third-order valence-electron chi connectivity index (χ3n) is 7.11. The molecule has 2 fully saturated rings. The maximum atomic E-state index is 11.1. The van der Waals surface area contributed by atoms with Gasteiger partial charge in [-0.15, -0.1) is 0 Å². The van der Waals surface area contributed by atoms with Crippen LogP contribution in [0, 0.1) is 0 Å². The van der Waals surface area contributed by atoms with Crippen LogP contribution in [-0.4, -0.2) is 198 Å². The lowest BCUT2D eigenvalue weighted by atomic mass is 9.97. The van der Waals surface area contributed by atoms with Gasteiger partial charge in [-0.25, -0.2) is 0 Å². The molecule has 12 N–H and O–H groups in total. The van der Waals surface area contributed by atoms with Gasteiger partial charge in [-0.2, -0.15) is 0 Å². The molecule has 2 heterocycles. The van der Waals surface area contributed by atoms with Crippen molar-refractivity contribution in [3.05, 3.63) is 0 Å². The highest BCUT2D eigenvalue weighted by atomic mass is 127. The van der Waals surface area contributed by atoms with Crippen LogP contribution >= 0.6 is 38.2 Å². The van der Waals surface area contributed by atoms with E-state index in [9.17, 15) is 50.0 Å². The predicted molar refractivity (Wildman–Crippen MR) is 174 cm³/mol. The van der Waals surface area contributed by atoms with E-state index in [1.807, 2.05) is 0 Å². The van der Waals surface area contributed by atoms with Crippen LogP contribution < -0.4 is 0 Å². The van der Waals surface area contributed by atoms with E-state index in [4.69, 9.17) is 56.0 Å². The Kier molecular flexibility index (Phi) is 20.7. The summed E-state index contributed by atoms with van der Waals surface area (Å²) < 4.78 is 53.9. The molecule has 13 atom stereocenters. The lowest BCUT2D eigenvalue weighted by Gasteiger charge is -2.40. The van der Waals surface area contributed by atoms with Crippen LogP contribution in [0.25, 0.3) is 0 Å². The Balaban J connectivity index is 1.72. The molecule has 2 saturated heterocycles. The van der Waals surface area contributed by atoms with E-state index in [1.54, 1.807) is 0 Å². The summed E-state index contributed by atoms with van der Waals surface area (Å²) >= 11 is 1.42. The number of hydrogen-bond donors (Lipinski definition) is 12. The van der Waals surface area contributed by atoms with Crippen molar-refractivity contribution >= 4 is 50.6 Å². The largest absolute Gasteiger partial charge is 0.394 e. The van der Waals surface area contributed by atoms with Crippen LogP contribution in [-0.2, 0) is 45.6 Å². The zero-order chi connectivity index (χ0) is 38.4. The molecule has 0 aromatic rings. The smallest absolute Gasteiger partial charge is 0.325 e. The summed E-state index contributed by atoms with van der Waals surface area (Å²) in [6.45, 7) is -1.70. The molecular weight excluding hydrogens is 857 g/mol. The Bertz CT molecular complexity index is 1150. The predicted octanol–water partition coefficient (Wildman–Crippen LogP) is -4.79. The highest BCUT2D eigenvalue weighted by molar-refractivity contribution is 14.1.